The quantitative estimate of drug-likeness (QED) is 0.640. The lowest BCUT2D eigenvalue weighted by Gasteiger charge is -2.21. The van der Waals surface area contributed by atoms with Gasteiger partial charge in [-0.05, 0) is 49.7 Å². The molecule has 1 amide bonds. The molecule has 0 aliphatic heterocycles. The summed E-state index contributed by atoms with van der Waals surface area (Å²) in [6.45, 7) is 4.73. The highest BCUT2D eigenvalue weighted by atomic mass is 16.2. The maximum absolute atomic E-state index is 13.1. The molecule has 2 aromatic carbocycles. The van der Waals surface area contributed by atoms with Crippen LogP contribution in [0.5, 0.6) is 0 Å². The topological polar surface area (TPSA) is 42.3 Å². The van der Waals surface area contributed by atoms with Gasteiger partial charge in [-0.2, -0.15) is 0 Å². The van der Waals surface area contributed by atoms with Crippen LogP contribution in [0.4, 0.5) is 5.69 Å². The van der Waals surface area contributed by atoms with Crippen LogP contribution >= 0.6 is 0 Å². The summed E-state index contributed by atoms with van der Waals surface area (Å²) in [5.74, 6) is 2.24. The molecule has 4 nitrogen and oxygen atoms in total. The normalized spacial score (nSPS) is 10.3. The van der Waals surface area contributed by atoms with Crippen molar-refractivity contribution in [3.8, 4) is 12.3 Å². The molecule has 0 unspecified atom stereocenters. The Morgan fingerprint density at radius 3 is 2.61 bits per heavy atom. The van der Waals surface area contributed by atoms with Crippen molar-refractivity contribution < 1.29 is 4.79 Å². The highest BCUT2D eigenvalue weighted by Crippen LogP contribution is 2.18. The van der Waals surface area contributed by atoms with Gasteiger partial charge in [0.1, 0.15) is 5.56 Å². The average Bonchev–Trinajstić information content (AvgIpc) is 2.70. The Kier molecular flexibility index (Phi) is 5.76. The number of carbonyl (C=O) groups is 1. The molecule has 4 heteroatoms. The number of anilines is 1. The van der Waals surface area contributed by atoms with E-state index in [1.165, 1.54) is 0 Å². The summed E-state index contributed by atoms with van der Waals surface area (Å²) >= 11 is 0. The Morgan fingerprint density at radius 1 is 1.11 bits per heavy atom. The maximum atomic E-state index is 13.1. The van der Waals surface area contributed by atoms with Crippen LogP contribution in [0.25, 0.3) is 0 Å². The zero-order chi connectivity index (χ0) is 20.1. The van der Waals surface area contributed by atoms with Gasteiger partial charge in [-0.3, -0.25) is 9.59 Å². The lowest BCUT2D eigenvalue weighted by molar-refractivity contribution is 0.0986. The molecule has 0 aliphatic carbocycles. The zero-order valence-corrected chi connectivity index (χ0v) is 16.1. The van der Waals surface area contributed by atoms with Crippen molar-refractivity contribution in [2.75, 3.05) is 11.4 Å². The van der Waals surface area contributed by atoms with Gasteiger partial charge >= 0.3 is 0 Å². The van der Waals surface area contributed by atoms with E-state index in [2.05, 4.69) is 5.92 Å². The van der Waals surface area contributed by atoms with Gasteiger partial charge in [0.25, 0.3) is 11.5 Å². The van der Waals surface area contributed by atoms with E-state index in [1.807, 2.05) is 50.2 Å². The Hall–Kier alpha value is -3.58. The monoisotopic (exact) mass is 370 g/mol. The first kappa shape index (κ1) is 19.2. The highest BCUT2D eigenvalue weighted by Gasteiger charge is 2.20. The van der Waals surface area contributed by atoms with Crippen LogP contribution in [0.2, 0.25) is 0 Å². The Bertz CT molecular complexity index is 1110. The molecule has 3 rings (SSSR count). The molecule has 0 bridgehead atoms. The lowest BCUT2D eigenvalue weighted by Crippen LogP contribution is -2.36. The number of aryl methyl sites for hydroxylation is 1. The molecule has 0 spiro atoms. The second-order valence-corrected chi connectivity index (χ2v) is 6.59. The predicted octanol–water partition coefficient (Wildman–Crippen LogP) is 3.85. The molecule has 140 valence electrons. The van der Waals surface area contributed by atoms with E-state index >= 15 is 0 Å². The fourth-order valence-electron chi connectivity index (χ4n) is 3.18. The fourth-order valence-corrected chi connectivity index (χ4v) is 3.18. The summed E-state index contributed by atoms with van der Waals surface area (Å²) in [4.78, 5) is 27.6. The first-order valence-corrected chi connectivity index (χ1v) is 9.17. The zero-order valence-electron chi connectivity index (χ0n) is 16.1. The highest BCUT2D eigenvalue weighted by molar-refractivity contribution is 6.05. The predicted molar refractivity (Wildman–Crippen MR) is 113 cm³/mol. The second-order valence-electron chi connectivity index (χ2n) is 6.59. The van der Waals surface area contributed by atoms with Gasteiger partial charge in [0.15, 0.2) is 0 Å². The lowest BCUT2D eigenvalue weighted by atomic mass is 10.1. The van der Waals surface area contributed by atoms with E-state index in [4.69, 9.17) is 6.42 Å². The number of carbonyl (C=O) groups excluding carboxylic acids is 1. The van der Waals surface area contributed by atoms with E-state index in [0.717, 1.165) is 11.1 Å². The third-order valence-corrected chi connectivity index (χ3v) is 4.57. The molecule has 0 N–H and O–H groups in total. The van der Waals surface area contributed by atoms with Gasteiger partial charge in [0.2, 0.25) is 0 Å². The summed E-state index contributed by atoms with van der Waals surface area (Å²) in [6, 6.07) is 18.5. The first-order chi connectivity index (χ1) is 13.5. The first-order valence-electron chi connectivity index (χ1n) is 9.17. The molecule has 28 heavy (non-hydrogen) atoms. The number of hydrogen-bond acceptors (Lipinski definition) is 2. The fraction of sp³-hybridized carbons (Fsp3) is 0.167. The molecule has 0 fully saturated rings. The van der Waals surface area contributed by atoms with Crippen LogP contribution < -0.4 is 10.5 Å². The minimum absolute atomic E-state index is 0.142. The summed E-state index contributed by atoms with van der Waals surface area (Å²) in [5.41, 5.74) is 3.35. The summed E-state index contributed by atoms with van der Waals surface area (Å²) in [7, 11) is 0. The molecule has 0 atom stereocenters. The van der Waals surface area contributed by atoms with Crippen molar-refractivity contribution in [2.45, 2.75) is 20.4 Å². The standard InChI is InChI=1S/C24H22N2O2/c1-4-19-10-7-12-21(16-19)26(5-2)24(28)22-13-8-14-25(23(22)27)17-20-11-6-9-18(3)15-20/h1,6-16H,5,17H2,2-3H3. The van der Waals surface area contributed by atoms with Crippen LogP contribution in [-0.2, 0) is 6.54 Å². The van der Waals surface area contributed by atoms with Crippen molar-refractivity contribution in [1.82, 2.24) is 4.57 Å². The van der Waals surface area contributed by atoms with E-state index in [9.17, 15) is 9.59 Å². The van der Waals surface area contributed by atoms with Crippen molar-refractivity contribution in [1.29, 1.82) is 0 Å². The molecule has 0 aliphatic rings. The van der Waals surface area contributed by atoms with Crippen LogP contribution in [0.3, 0.4) is 0 Å². The summed E-state index contributed by atoms with van der Waals surface area (Å²) < 4.78 is 1.56. The Balaban J connectivity index is 1.95. The molecule has 0 saturated carbocycles. The number of aromatic nitrogens is 1. The third-order valence-electron chi connectivity index (χ3n) is 4.57. The second kappa shape index (κ2) is 8.41. The number of hydrogen-bond donors (Lipinski definition) is 0. The van der Waals surface area contributed by atoms with Gasteiger partial charge in [0.05, 0.1) is 6.54 Å². The van der Waals surface area contributed by atoms with Crippen molar-refractivity contribution in [3.05, 3.63) is 99.5 Å². The number of terminal acetylenes is 1. The Labute approximate surface area is 165 Å². The van der Waals surface area contributed by atoms with Gasteiger partial charge in [-0.25, -0.2) is 0 Å². The molecular formula is C24H22N2O2. The van der Waals surface area contributed by atoms with E-state index in [1.54, 1.807) is 39.9 Å². The number of pyridine rings is 1. The summed E-state index contributed by atoms with van der Waals surface area (Å²) in [6.07, 6.45) is 7.17. The number of rotatable bonds is 5. The van der Waals surface area contributed by atoms with Crippen LogP contribution in [0.1, 0.15) is 34.0 Å². The Morgan fingerprint density at radius 2 is 1.89 bits per heavy atom. The molecule has 0 saturated heterocycles. The average molecular weight is 370 g/mol. The van der Waals surface area contributed by atoms with E-state index in [-0.39, 0.29) is 17.0 Å². The van der Waals surface area contributed by atoms with Crippen molar-refractivity contribution in [2.24, 2.45) is 0 Å². The van der Waals surface area contributed by atoms with Crippen LogP contribution in [0, 0.1) is 19.3 Å². The summed E-state index contributed by atoms with van der Waals surface area (Å²) in [5, 5.41) is 0. The minimum atomic E-state index is -0.333. The van der Waals surface area contributed by atoms with Crippen LogP contribution in [0.15, 0.2) is 71.7 Å². The molecule has 0 radical (unpaired) electrons. The molecular weight excluding hydrogens is 348 g/mol. The van der Waals surface area contributed by atoms with Gasteiger partial charge < -0.3 is 9.47 Å². The maximum Gasteiger partial charge on any atom is 0.263 e. The van der Waals surface area contributed by atoms with Crippen LogP contribution in [-0.4, -0.2) is 17.0 Å². The van der Waals surface area contributed by atoms with E-state index in [0.29, 0.717) is 24.3 Å². The molecule has 1 aromatic heterocycles. The number of benzene rings is 2. The van der Waals surface area contributed by atoms with Crippen molar-refractivity contribution in [3.63, 3.8) is 0 Å². The van der Waals surface area contributed by atoms with Gasteiger partial charge in [0, 0.05) is 24.0 Å². The van der Waals surface area contributed by atoms with Gasteiger partial charge in [-0.15, -0.1) is 6.42 Å². The molecule has 1 heterocycles. The SMILES string of the molecule is C#Cc1cccc(N(CC)C(=O)c2cccn(Cc3cccc(C)c3)c2=O)c1. The number of amides is 1. The molecule has 3 aromatic rings. The smallest absolute Gasteiger partial charge is 0.263 e. The largest absolute Gasteiger partial charge is 0.310 e. The number of nitrogens with zero attached hydrogens (tertiary/aromatic N) is 2. The third kappa shape index (κ3) is 4.05. The minimum Gasteiger partial charge on any atom is -0.310 e. The van der Waals surface area contributed by atoms with Crippen molar-refractivity contribution >= 4 is 11.6 Å². The van der Waals surface area contributed by atoms with E-state index < -0.39 is 0 Å². The van der Waals surface area contributed by atoms with Gasteiger partial charge in [-0.1, -0.05) is 41.8 Å².